The monoisotopic (exact) mass is 219 g/mol. The van der Waals surface area contributed by atoms with E-state index in [1.807, 2.05) is 6.07 Å². The van der Waals surface area contributed by atoms with Crippen molar-refractivity contribution in [2.75, 3.05) is 13.2 Å². The molecular weight excluding hydrogens is 202 g/mol. The number of hydrogen-bond acceptors (Lipinski definition) is 3. The zero-order valence-electron chi connectivity index (χ0n) is 9.58. The summed E-state index contributed by atoms with van der Waals surface area (Å²) in [6, 6.07) is 4.11. The summed E-state index contributed by atoms with van der Waals surface area (Å²) in [6.07, 6.45) is 3.11. The van der Waals surface area contributed by atoms with E-state index >= 15 is 0 Å². The van der Waals surface area contributed by atoms with E-state index < -0.39 is 0 Å². The maximum absolute atomic E-state index is 6.28. The Labute approximate surface area is 95.5 Å². The van der Waals surface area contributed by atoms with Crippen LogP contribution in [0.4, 0.5) is 0 Å². The average molecular weight is 219 g/mol. The second-order valence-corrected chi connectivity index (χ2v) is 4.63. The summed E-state index contributed by atoms with van der Waals surface area (Å²) in [4.78, 5) is 0. The maximum Gasteiger partial charge on any atom is 0.164 e. The van der Waals surface area contributed by atoms with Crippen LogP contribution < -0.4 is 15.2 Å². The van der Waals surface area contributed by atoms with E-state index in [4.69, 9.17) is 15.2 Å². The molecule has 86 valence electrons. The largest absolute Gasteiger partial charge is 0.486 e. The van der Waals surface area contributed by atoms with Crippen molar-refractivity contribution in [3.8, 4) is 11.5 Å². The molecule has 2 N–H and O–H groups in total. The van der Waals surface area contributed by atoms with Gasteiger partial charge in [-0.15, -0.1) is 0 Å². The number of fused-ring (bicyclic) bond motifs is 1. The highest BCUT2D eigenvalue weighted by Crippen LogP contribution is 2.48. The van der Waals surface area contributed by atoms with E-state index in [0.717, 1.165) is 30.8 Å². The van der Waals surface area contributed by atoms with Gasteiger partial charge >= 0.3 is 0 Å². The van der Waals surface area contributed by atoms with Gasteiger partial charge in [-0.05, 0) is 30.9 Å². The van der Waals surface area contributed by atoms with Gasteiger partial charge in [-0.25, -0.2) is 0 Å². The Balaban J connectivity index is 2.12. The third-order valence-electron chi connectivity index (χ3n) is 3.49. The minimum Gasteiger partial charge on any atom is -0.486 e. The number of rotatable bonds is 2. The molecule has 0 saturated heterocycles. The first-order valence-corrected chi connectivity index (χ1v) is 5.95. The van der Waals surface area contributed by atoms with Gasteiger partial charge in [0.15, 0.2) is 11.5 Å². The number of hydrogen-bond donors (Lipinski definition) is 1. The number of ether oxygens (including phenoxy) is 2. The summed E-state index contributed by atoms with van der Waals surface area (Å²) in [5, 5.41) is 0. The maximum atomic E-state index is 6.28. The van der Waals surface area contributed by atoms with Crippen LogP contribution in [0.5, 0.6) is 11.5 Å². The Bertz CT molecular complexity index is 424. The topological polar surface area (TPSA) is 44.5 Å². The predicted molar refractivity (Wildman–Crippen MR) is 61.9 cm³/mol. The van der Waals surface area contributed by atoms with E-state index in [9.17, 15) is 0 Å². The molecule has 3 heteroatoms. The Morgan fingerprint density at radius 1 is 1.25 bits per heavy atom. The van der Waals surface area contributed by atoms with Crippen LogP contribution in [0.25, 0.3) is 0 Å². The van der Waals surface area contributed by atoms with Crippen molar-refractivity contribution >= 4 is 0 Å². The summed E-state index contributed by atoms with van der Waals surface area (Å²) < 4.78 is 11.3. The molecule has 1 aliphatic heterocycles. The summed E-state index contributed by atoms with van der Waals surface area (Å²) in [6.45, 7) is 3.42. The summed E-state index contributed by atoms with van der Waals surface area (Å²) >= 11 is 0. The second kappa shape index (κ2) is 3.39. The zero-order chi connectivity index (χ0) is 11.2. The standard InChI is InChI=1S/C13H17NO2/c1-2-9-10(13(14)5-6-13)3-4-11-12(9)16-8-7-15-11/h3-4H,2,5-8,14H2,1H3. The van der Waals surface area contributed by atoms with Crippen molar-refractivity contribution in [2.45, 2.75) is 31.7 Å². The van der Waals surface area contributed by atoms with Crippen LogP contribution in [-0.4, -0.2) is 13.2 Å². The first-order chi connectivity index (χ1) is 7.74. The van der Waals surface area contributed by atoms with Gasteiger partial charge in [-0.1, -0.05) is 13.0 Å². The number of nitrogens with two attached hydrogens (primary N) is 1. The fourth-order valence-corrected chi connectivity index (χ4v) is 2.40. The quantitative estimate of drug-likeness (QED) is 0.827. The minimum absolute atomic E-state index is 0.0961. The van der Waals surface area contributed by atoms with Crippen LogP contribution in [0, 0.1) is 0 Å². The Morgan fingerprint density at radius 3 is 2.69 bits per heavy atom. The molecule has 2 aliphatic rings. The van der Waals surface area contributed by atoms with Gasteiger partial charge in [0.05, 0.1) is 0 Å². The third-order valence-corrected chi connectivity index (χ3v) is 3.49. The molecule has 0 unspecified atom stereocenters. The molecule has 1 aliphatic carbocycles. The molecule has 0 radical (unpaired) electrons. The van der Waals surface area contributed by atoms with Crippen LogP contribution in [-0.2, 0) is 12.0 Å². The molecule has 1 aromatic rings. The van der Waals surface area contributed by atoms with Crippen molar-refractivity contribution in [3.05, 3.63) is 23.3 Å². The van der Waals surface area contributed by atoms with Gasteiger partial charge < -0.3 is 15.2 Å². The van der Waals surface area contributed by atoms with Crippen LogP contribution in [0.2, 0.25) is 0 Å². The van der Waals surface area contributed by atoms with E-state index in [2.05, 4.69) is 13.0 Å². The highest BCUT2D eigenvalue weighted by atomic mass is 16.6. The van der Waals surface area contributed by atoms with Crippen LogP contribution in [0.1, 0.15) is 30.9 Å². The lowest BCUT2D eigenvalue weighted by molar-refractivity contribution is 0.169. The van der Waals surface area contributed by atoms with Gasteiger partial charge in [0.2, 0.25) is 0 Å². The first kappa shape index (κ1) is 9.97. The molecule has 1 heterocycles. The molecule has 0 bridgehead atoms. The summed E-state index contributed by atoms with van der Waals surface area (Å²) in [5.74, 6) is 1.79. The van der Waals surface area contributed by atoms with Crippen molar-refractivity contribution in [1.29, 1.82) is 0 Å². The van der Waals surface area contributed by atoms with E-state index in [0.29, 0.717) is 13.2 Å². The first-order valence-electron chi connectivity index (χ1n) is 5.95. The Hall–Kier alpha value is -1.22. The minimum atomic E-state index is -0.0961. The lowest BCUT2D eigenvalue weighted by Gasteiger charge is -2.24. The average Bonchev–Trinajstić information content (AvgIpc) is 3.07. The van der Waals surface area contributed by atoms with E-state index in [-0.39, 0.29) is 5.54 Å². The van der Waals surface area contributed by atoms with Gasteiger partial charge in [0, 0.05) is 11.1 Å². The highest BCUT2D eigenvalue weighted by molar-refractivity contribution is 5.54. The number of benzene rings is 1. The second-order valence-electron chi connectivity index (χ2n) is 4.63. The molecule has 0 amide bonds. The van der Waals surface area contributed by atoms with E-state index in [1.54, 1.807) is 0 Å². The summed E-state index contributed by atoms with van der Waals surface area (Å²) in [7, 11) is 0. The van der Waals surface area contributed by atoms with Gasteiger partial charge in [0.1, 0.15) is 13.2 Å². The Kier molecular flexibility index (Phi) is 2.11. The van der Waals surface area contributed by atoms with Gasteiger partial charge in [0.25, 0.3) is 0 Å². The fraction of sp³-hybridized carbons (Fsp3) is 0.538. The van der Waals surface area contributed by atoms with Gasteiger partial charge in [-0.2, -0.15) is 0 Å². The van der Waals surface area contributed by atoms with Crippen LogP contribution in [0.15, 0.2) is 12.1 Å². The molecule has 16 heavy (non-hydrogen) atoms. The molecule has 1 fully saturated rings. The molecule has 0 aromatic heterocycles. The molecule has 1 saturated carbocycles. The van der Waals surface area contributed by atoms with Crippen molar-refractivity contribution in [1.82, 2.24) is 0 Å². The van der Waals surface area contributed by atoms with Gasteiger partial charge in [-0.3, -0.25) is 0 Å². The highest BCUT2D eigenvalue weighted by Gasteiger charge is 2.42. The molecule has 3 nitrogen and oxygen atoms in total. The van der Waals surface area contributed by atoms with Crippen molar-refractivity contribution in [2.24, 2.45) is 5.73 Å². The fourth-order valence-electron chi connectivity index (χ4n) is 2.40. The smallest absolute Gasteiger partial charge is 0.164 e. The van der Waals surface area contributed by atoms with Crippen LogP contribution in [0.3, 0.4) is 0 Å². The molecule has 1 aromatic carbocycles. The van der Waals surface area contributed by atoms with Crippen molar-refractivity contribution in [3.63, 3.8) is 0 Å². The molecule has 0 atom stereocenters. The van der Waals surface area contributed by atoms with Crippen LogP contribution >= 0.6 is 0 Å². The molecule has 3 rings (SSSR count). The third kappa shape index (κ3) is 1.39. The molecule has 0 spiro atoms. The summed E-state index contributed by atoms with van der Waals surface area (Å²) in [5.41, 5.74) is 8.67. The van der Waals surface area contributed by atoms with Crippen molar-refractivity contribution < 1.29 is 9.47 Å². The normalized spacial score (nSPS) is 20.6. The lowest BCUT2D eigenvalue weighted by Crippen LogP contribution is -2.23. The Morgan fingerprint density at radius 2 is 2.00 bits per heavy atom. The predicted octanol–water partition coefficient (Wildman–Crippen LogP) is 1.97. The SMILES string of the molecule is CCc1c(C2(N)CC2)ccc2c1OCCO2. The zero-order valence-corrected chi connectivity index (χ0v) is 9.58. The molecular formula is C13H17NO2. The lowest BCUT2D eigenvalue weighted by atomic mass is 9.95. The van der Waals surface area contributed by atoms with E-state index in [1.165, 1.54) is 11.1 Å².